The molecule has 0 spiro atoms. The van der Waals surface area contributed by atoms with Gasteiger partial charge in [0.25, 0.3) is 0 Å². The van der Waals surface area contributed by atoms with Gasteiger partial charge in [-0.05, 0) is 25.5 Å². The van der Waals surface area contributed by atoms with E-state index in [-0.39, 0.29) is 6.54 Å². The number of hydrogen-bond acceptors (Lipinski definition) is 1. The average molecular weight is 231 g/mol. The molecule has 0 saturated carbocycles. The average Bonchev–Trinajstić information content (AvgIpc) is 2.15. The van der Waals surface area contributed by atoms with E-state index in [9.17, 15) is 13.2 Å². The molecule has 90 valence electrons. The topological polar surface area (TPSA) is 12.0 Å². The molecule has 0 bridgehead atoms. The summed E-state index contributed by atoms with van der Waals surface area (Å²) in [7, 11) is 0. The highest BCUT2D eigenvalue weighted by Crippen LogP contribution is 2.18. The Balaban J connectivity index is 2.17. The Morgan fingerprint density at radius 1 is 1.19 bits per heavy atom. The molecule has 1 aromatic rings. The maximum atomic E-state index is 11.8. The zero-order chi connectivity index (χ0) is 12.0. The molecule has 0 aliphatic carbocycles. The molecule has 0 atom stereocenters. The van der Waals surface area contributed by atoms with Crippen LogP contribution in [0.15, 0.2) is 24.3 Å². The van der Waals surface area contributed by atoms with E-state index < -0.39 is 12.6 Å². The van der Waals surface area contributed by atoms with Crippen molar-refractivity contribution in [3.63, 3.8) is 0 Å². The van der Waals surface area contributed by atoms with Gasteiger partial charge in [0, 0.05) is 6.54 Å². The van der Waals surface area contributed by atoms with Crippen molar-refractivity contribution in [2.75, 3.05) is 13.1 Å². The van der Waals surface area contributed by atoms with E-state index in [1.165, 1.54) is 5.56 Å². The molecule has 0 aliphatic heterocycles. The Morgan fingerprint density at radius 3 is 2.56 bits per heavy atom. The molecule has 0 saturated heterocycles. The number of nitrogens with one attached hydrogen (secondary N) is 1. The van der Waals surface area contributed by atoms with Crippen molar-refractivity contribution >= 4 is 0 Å². The molecule has 0 radical (unpaired) electrons. The Kier molecular flexibility index (Phi) is 4.80. The first-order valence-corrected chi connectivity index (χ1v) is 5.30. The van der Waals surface area contributed by atoms with Gasteiger partial charge in [0.05, 0.1) is 6.42 Å². The smallest absolute Gasteiger partial charge is 0.316 e. The summed E-state index contributed by atoms with van der Waals surface area (Å²) in [6.45, 7) is 2.58. The third-order valence-electron chi connectivity index (χ3n) is 2.26. The molecule has 1 nitrogen and oxygen atoms in total. The minimum atomic E-state index is -4.06. The van der Waals surface area contributed by atoms with Crippen LogP contribution >= 0.6 is 0 Å². The van der Waals surface area contributed by atoms with Gasteiger partial charge in [-0.2, -0.15) is 13.2 Å². The zero-order valence-corrected chi connectivity index (χ0v) is 9.27. The highest BCUT2D eigenvalue weighted by molar-refractivity contribution is 5.22. The maximum absolute atomic E-state index is 11.8. The van der Waals surface area contributed by atoms with Gasteiger partial charge in [-0.1, -0.05) is 29.8 Å². The van der Waals surface area contributed by atoms with Crippen molar-refractivity contribution in [2.45, 2.75) is 25.9 Å². The van der Waals surface area contributed by atoms with Crippen LogP contribution in [0.3, 0.4) is 0 Å². The number of halogens is 3. The number of alkyl halides is 3. The lowest BCUT2D eigenvalue weighted by atomic mass is 10.1. The number of rotatable bonds is 5. The van der Waals surface area contributed by atoms with E-state index in [0.29, 0.717) is 6.54 Å². The van der Waals surface area contributed by atoms with Crippen LogP contribution in [-0.4, -0.2) is 19.3 Å². The summed E-state index contributed by atoms with van der Waals surface area (Å²) in [5, 5.41) is 2.79. The third kappa shape index (κ3) is 5.75. The van der Waals surface area contributed by atoms with Crippen LogP contribution in [0.4, 0.5) is 13.2 Å². The quantitative estimate of drug-likeness (QED) is 0.768. The van der Waals surface area contributed by atoms with Gasteiger partial charge < -0.3 is 5.32 Å². The van der Waals surface area contributed by atoms with Crippen LogP contribution in [0.2, 0.25) is 0 Å². The summed E-state index contributed by atoms with van der Waals surface area (Å²) in [6, 6.07) is 7.99. The Morgan fingerprint density at radius 2 is 1.94 bits per heavy atom. The predicted molar refractivity (Wildman–Crippen MR) is 58.4 cm³/mol. The first-order chi connectivity index (χ1) is 7.47. The molecule has 0 aromatic heterocycles. The summed E-state index contributed by atoms with van der Waals surface area (Å²) >= 11 is 0. The lowest BCUT2D eigenvalue weighted by Gasteiger charge is -2.07. The Bertz CT molecular complexity index is 320. The molecule has 0 fully saturated rings. The first kappa shape index (κ1) is 13.0. The minimum Gasteiger partial charge on any atom is -0.316 e. The highest BCUT2D eigenvalue weighted by atomic mass is 19.4. The van der Waals surface area contributed by atoms with Crippen LogP contribution < -0.4 is 5.32 Å². The van der Waals surface area contributed by atoms with E-state index in [1.54, 1.807) is 0 Å². The third-order valence-corrected chi connectivity index (χ3v) is 2.26. The monoisotopic (exact) mass is 231 g/mol. The summed E-state index contributed by atoms with van der Waals surface area (Å²) < 4.78 is 35.5. The molecule has 1 N–H and O–H groups in total. The second kappa shape index (κ2) is 5.89. The van der Waals surface area contributed by atoms with Gasteiger partial charge in [0.15, 0.2) is 0 Å². The second-order valence-electron chi connectivity index (χ2n) is 3.85. The molecule has 0 amide bonds. The number of benzene rings is 1. The van der Waals surface area contributed by atoms with Gasteiger partial charge in [-0.3, -0.25) is 0 Å². The molecule has 1 rings (SSSR count). The van der Waals surface area contributed by atoms with E-state index in [2.05, 4.69) is 5.32 Å². The largest absolute Gasteiger partial charge is 0.390 e. The Hall–Kier alpha value is -1.03. The number of aryl methyl sites for hydroxylation is 1. The second-order valence-corrected chi connectivity index (χ2v) is 3.85. The lowest BCUT2D eigenvalue weighted by molar-refractivity contribution is -0.133. The van der Waals surface area contributed by atoms with Crippen molar-refractivity contribution in [3.8, 4) is 0 Å². The molecule has 4 heteroatoms. The lowest BCUT2D eigenvalue weighted by Crippen LogP contribution is -2.23. The molecular weight excluding hydrogens is 215 g/mol. The fourth-order valence-electron chi connectivity index (χ4n) is 1.46. The molecule has 0 aliphatic rings. The summed E-state index contributed by atoms with van der Waals surface area (Å²) in [5.74, 6) is 0. The van der Waals surface area contributed by atoms with Crippen LogP contribution in [0, 0.1) is 6.92 Å². The van der Waals surface area contributed by atoms with E-state index >= 15 is 0 Å². The van der Waals surface area contributed by atoms with Gasteiger partial charge >= 0.3 is 6.18 Å². The molecule has 0 unspecified atom stereocenters. The molecule has 0 heterocycles. The van der Waals surface area contributed by atoms with Gasteiger partial charge in [0.2, 0.25) is 0 Å². The van der Waals surface area contributed by atoms with Crippen molar-refractivity contribution in [2.24, 2.45) is 0 Å². The van der Waals surface area contributed by atoms with Crippen molar-refractivity contribution in [1.29, 1.82) is 0 Å². The van der Waals surface area contributed by atoms with Crippen LogP contribution in [-0.2, 0) is 6.42 Å². The fourth-order valence-corrected chi connectivity index (χ4v) is 1.46. The van der Waals surface area contributed by atoms with Crippen molar-refractivity contribution in [3.05, 3.63) is 35.4 Å². The summed E-state index contributed by atoms with van der Waals surface area (Å²) in [4.78, 5) is 0. The molecular formula is C12H16F3N. The zero-order valence-electron chi connectivity index (χ0n) is 9.27. The first-order valence-electron chi connectivity index (χ1n) is 5.30. The molecule has 1 aromatic carbocycles. The standard InChI is InChI=1S/C12H16F3N/c1-10-3-2-4-11(9-10)5-7-16-8-6-12(13,14)15/h2-4,9,16H,5-8H2,1H3. The van der Waals surface area contributed by atoms with Gasteiger partial charge in [0.1, 0.15) is 0 Å². The van der Waals surface area contributed by atoms with Gasteiger partial charge in [-0.15, -0.1) is 0 Å². The fraction of sp³-hybridized carbons (Fsp3) is 0.500. The van der Waals surface area contributed by atoms with Crippen LogP contribution in [0.1, 0.15) is 17.5 Å². The Labute approximate surface area is 93.7 Å². The van der Waals surface area contributed by atoms with Crippen LogP contribution in [0.5, 0.6) is 0 Å². The van der Waals surface area contributed by atoms with E-state index in [4.69, 9.17) is 0 Å². The number of hydrogen-bond donors (Lipinski definition) is 1. The summed E-state index contributed by atoms with van der Waals surface area (Å²) in [6.07, 6.45) is -4.06. The van der Waals surface area contributed by atoms with Crippen molar-refractivity contribution < 1.29 is 13.2 Å². The van der Waals surface area contributed by atoms with Crippen LogP contribution in [0.25, 0.3) is 0 Å². The van der Waals surface area contributed by atoms with E-state index in [1.807, 2.05) is 31.2 Å². The van der Waals surface area contributed by atoms with Crippen molar-refractivity contribution in [1.82, 2.24) is 5.32 Å². The minimum absolute atomic E-state index is 0.00465. The van der Waals surface area contributed by atoms with Gasteiger partial charge in [-0.25, -0.2) is 0 Å². The summed E-state index contributed by atoms with van der Waals surface area (Å²) in [5.41, 5.74) is 2.33. The SMILES string of the molecule is Cc1cccc(CCNCCC(F)(F)F)c1. The predicted octanol–water partition coefficient (Wildman–Crippen LogP) is 3.08. The normalized spacial score (nSPS) is 11.8. The maximum Gasteiger partial charge on any atom is 0.390 e. The highest BCUT2D eigenvalue weighted by Gasteiger charge is 2.25. The molecule has 16 heavy (non-hydrogen) atoms. The van der Waals surface area contributed by atoms with E-state index in [0.717, 1.165) is 12.0 Å².